The summed E-state index contributed by atoms with van der Waals surface area (Å²) in [5.41, 5.74) is 1.10. The molecule has 0 amide bonds. The van der Waals surface area contributed by atoms with Gasteiger partial charge in [0.05, 0.1) is 19.3 Å². The van der Waals surface area contributed by atoms with Gasteiger partial charge in [0.25, 0.3) is 0 Å². The van der Waals surface area contributed by atoms with E-state index in [0.29, 0.717) is 19.8 Å². The molecule has 8 nitrogen and oxygen atoms in total. The molecule has 1 atom stereocenters. The van der Waals surface area contributed by atoms with Gasteiger partial charge in [-0.15, -0.1) is 34.2 Å². The first-order valence-corrected chi connectivity index (χ1v) is 12.2. The molecule has 1 aromatic carbocycles. The van der Waals surface area contributed by atoms with Gasteiger partial charge in [-0.2, -0.15) is 11.8 Å². The van der Waals surface area contributed by atoms with Crippen molar-refractivity contribution < 1.29 is 9.47 Å². The van der Waals surface area contributed by atoms with Crippen LogP contribution in [0.5, 0.6) is 11.5 Å². The number of thioether (sulfide) groups is 1. The maximum atomic E-state index is 5.78. The van der Waals surface area contributed by atoms with Crippen LogP contribution in [-0.2, 0) is 13.6 Å². The van der Waals surface area contributed by atoms with E-state index in [-0.39, 0.29) is 30.0 Å². The van der Waals surface area contributed by atoms with Gasteiger partial charge in [0.2, 0.25) is 0 Å². The van der Waals surface area contributed by atoms with Crippen LogP contribution in [-0.4, -0.2) is 52.5 Å². The minimum Gasteiger partial charge on any atom is -0.490 e. The quantitative estimate of drug-likeness (QED) is 0.171. The van der Waals surface area contributed by atoms with E-state index in [2.05, 4.69) is 40.1 Å². The number of nitrogens with one attached hydrogen (secondary N) is 2. The zero-order valence-corrected chi connectivity index (χ0v) is 23.1. The molecule has 10 heteroatoms. The van der Waals surface area contributed by atoms with Gasteiger partial charge in [0, 0.05) is 13.6 Å². The number of aryl methyl sites for hydroxylation is 1. The van der Waals surface area contributed by atoms with Gasteiger partial charge in [-0.25, -0.2) is 4.99 Å². The summed E-state index contributed by atoms with van der Waals surface area (Å²) in [5, 5.41) is 15.3. The highest BCUT2D eigenvalue weighted by Crippen LogP contribution is 2.30. The van der Waals surface area contributed by atoms with Crippen LogP contribution in [0.25, 0.3) is 0 Å². The molecule has 1 unspecified atom stereocenters. The van der Waals surface area contributed by atoms with Gasteiger partial charge in [0.1, 0.15) is 12.4 Å². The van der Waals surface area contributed by atoms with Gasteiger partial charge in [-0.05, 0) is 63.8 Å². The average molecular weight is 577 g/mol. The molecule has 180 valence electrons. The largest absolute Gasteiger partial charge is 0.490 e. The van der Waals surface area contributed by atoms with Gasteiger partial charge < -0.3 is 24.7 Å². The summed E-state index contributed by atoms with van der Waals surface area (Å²) in [4.78, 5) is 4.75. The summed E-state index contributed by atoms with van der Waals surface area (Å²) in [7, 11) is 1.96. The first kappa shape index (κ1) is 28.3. The third-order valence-corrected chi connectivity index (χ3v) is 5.50. The third kappa shape index (κ3) is 8.68. The Morgan fingerprint density at radius 2 is 1.91 bits per heavy atom. The minimum atomic E-state index is 0. The molecule has 2 aromatic rings. The van der Waals surface area contributed by atoms with E-state index in [9.17, 15) is 0 Å². The standard InChI is InChI=1S/C22H36N6O2S.HI/c1-7-29-19-11-10-18(14-20(19)30-8-2)16(3)25-22(23-12-9-13-31-6)24-15-21-27-26-17(4)28(21)5;/h10-11,14,16H,7-9,12-13,15H2,1-6H3,(H2,23,24,25);1H. The zero-order chi connectivity index (χ0) is 22.6. The van der Waals surface area contributed by atoms with Crippen LogP contribution in [0.15, 0.2) is 23.2 Å². The maximum absolute atomic E-state index is 5.78. The first-order valence-electron chi connectivity index (χ1n) is 10.8. The van der Waals surface area contributed by atoms with Crippen LogP contribution < -0.4 is 20.1 Å². The summed E-state index contributed by atoms with van der Waals surface area (Å²) in [6, 6.07) is 6.09. The number of ether oxygens (including phenoxy) is 2. The molecule has 0 saturated carbocycles. The van der Waals surface area contributed by atoms with Crippen molar-refractivity contribution in [1.29, 1.82) is 0 Å². The fourth-order valence-corrected chi connectivity index (χ4v) is 3.37. The smallest absolute Gasteiger partial charge is 0.192 e. The summed E-state index contributed by atoms with van der Waals surface area (Å²) in [6.07, 6.45) is 3.18. The van der Waals surface area contributed by atoms with E-state index < -0.39 is 0 Å². The van der Waals surface area contributed by atoms with Crippen molar-refractivity contribution in [3.05, 3.63) is 35.4 Å². The van der Waals surface area contributed by atoms with E-state index in [1.165, 1.54) is 0 Å². The minimum absolute atomic E-state index is 0. The monoisotopic (exact) mass is 576 g/mol. The van der Waals surface area contributed by atoms with Crippen LogP contribution in [0.1, 0.15) is 50.4 Å². The highest BCUT2D eigenvalue weighted by atomic mass is 127. The first-order chi connectivity index (χ1) is 15.0. The number of rotatable bonds is 12. The molecular formula is C22H37IN6O2S. The fourth-order valence-electron chi connectivity index (χ4n) is 2.94. The highest BCUT2D eigenvalue weighted by molar-refractivity contribution is 14.0. The third-order valence-electron chi connectivity index (χ3n) is 4.80. The van der Waals surface area contributed by atoms with Gasteiger partial charge in [-0.3, -0.25) is 0 Å². The van der Waals surface area contributed by atoms with Gasteiger partial charge in [-0.1, -0.05) is 6.07 Å². The lowest BCUT2D eigenvalue weighted by atomic mass is 10.1. The normalized spacial score (nSPS) is 12.1. The van der Waals surface area contributed by atoms with Crippen LogP contribution in [0, 0.1) is 6.92 Å². The van der Waals surface area contributed by atoms with Crippen molar-refractivity contribution in [2.24, 2.45) is 12.0 Å². The van der Waals surface area contributed by atoms with E-state index in [0.717, 1.165) is 53.4 Å². The van der Waals surface area contributed by atoms with Crippen LogP contribution in [0.4, 0.5) is 0 Å². The Kier molecular flexibility index (Phi) is 13.5. The van der Waals surface area contributed by atoms with Gasteiger partial charge >= 0.3 is 0 Å². The lowest BCUT2D eigenvalue weighted by molar-refractivity contribution is 0.287. The molecule has 0 aliphatic carbocycles. The van der Waals surface area contributed by atoms with Crippen molar-refractivity contribution in [2.45, 2.75) is 46.7 Å². The molecule has 0 aliphatic heterocycles. The van der Waals surface area contributed by atoms with Crippen LogP contribution in [0.3, 0.4) is 0 Å². The molecule has 2 N–H and O–H groups in total. The lowest BCUT2D eigenvalue weighted by Crippen LogP contribution is -2.39. The Balaban J connectivity index is 0.00000512. The summed E-state index contributed by atoms with van der Waals surface area (Å²) >= 11 is 1.84. The molecule has 1 aromatic heterocycles. The predicted octanol–water partition coefficient (Wildman–Crippen LogP) is 4.09. The van der Waals surface area contributed by atoms with Crippen molar-refractivity contribution >= 4 is 41.7 Å². The number of guanidine groups is 1. The number of aromatic nitrogens is 3. The molecule has 2 rings (SSSR count). The number of benzene rings is 1. The van der Waals surface area contributed by atoms with Gasteiger partial charge in [0.15, 0.2) is 23.3 Å². The Labute approximate surface area is 213 Å². The van der Waals surface area contributed by atoms with Crippen LogP contribution in [0.2, 0.25) is 0 Å². The van der Waals surface area contributed by atoms with E-state index in [1.807, 2.05) is 56.3 Å². The second-order valence-electron chi connectivity index (χ2n) is 7.10. The number of aliphatic imine (C=N–C) groups is 1. The van der Waals surface area contributed by atoms with Crippen molar-refractivity contribution in [3.63, 3.8) is 0 Å². The molecule has 0 radical (unpaired) electrons. The Bertz CT molecular complexity index is 846. The Morgan fingerprint density at radius 1 is 1.19 bits per heavy atom. The van der Waals surface area contributed by atoms with Crippen molar-refractivity contribution in [3.8, 4) is 11.5 Å². The second kappa shape index (κ2) is 15.2. The topological polar surface area (TPSA) is 85.6 Å². The Hall–Kier alpha value is -1.69. The average Bonchev–Trinajstić information content (AvgIpc) is 3.08. The van der Waals surface area contributed by atoms with Crippen molar-refractivity contribution in [1.82, 2.24) is 25.4 Å². The molecule has 0 aliphatic rings. The fraction of sp³-hybridized carbons (Fsp3) is 0.591. The lowest BCUT2D eigenvalue weighted by Gasteiger charge is -2.20. The summed E-state index contributed by atoms with van der Waals surface area (Å²) < 4.78 is 13.4. The van der Waals surface area contributed by atoms with E-state index in [1.54, 1.807) is 0 Å². The maximum Gasteiger partial charge on any atom is 0.192 e. The second-order valence-corrected chi connectivity index (χ2v) is 8.08. The number of hydrogen-bond acceptors (Lipinski definition) is 6. The van der Waals surface area contributed by atoms with Crippen LogP contribution >= 0.6 is 35.7 Å². The van der Waals surface area contributed by atoms with E-state index >= 15 is 0 Å². The molecule has 0 saturated heterocycles. The Morgan fingerprint density at radius 3 is 2.53 bits per heavy atom. The zero-order valence-electron chi connectivity index (χ0n) is 20.0. The summed E-state index contributed by atoms with van der Waals surface area (Å²) in [5.74, 6) is 5.09. The molecule has 0 fully saturated rings. The number of hydrogen-bond donors (Lipinski definition) is 2. The SMILES string of the molecule is CCOc1ccc(C(C)NC(=NCc2nnc(C)n2C)NCCCSC)cc1OCC.I. The number of nitrogens with zero attached hydrogens (tertiary/aromatic N) is 4. The number of halogens is 1. The highest BCUT2D eigenvalue weighted by Gasteiger charge is 2.13. The molecule has 1 heterocycles. The molecular weight excluding hydrogens is 539 g/mol. The van der Waals surface area contributed by atoms with Crippen molar-refractivity contribution in [2.75, 3.05) is 31.8 Å². The predicted molar refractivity (Wildman–Crippen MR) is 144 cm³/mol. The summed E-state index contributed by atoms with van der Waals surface area (Å²) in [6.45, 7) is 10.5. The molecule has 0 spiro atoms. The molecule has 0 bridgehead atoms. The molecule has 32 heavy (non-hydrogen) atoms. The van der Waals surface area contributed by atoms with E-state index in [4.69, 9.17) is 14.5 Å².